The van der Waals surface area contributed by atoms with Crippen LogP contribution < -0.4 is 10.1 Å². The highest BCUT2D eigenvalue weighted by atomic mass is 79.9. The predicted molar refractivity (Wildman–Crippen MR) is 88.7 cm³/mol. The van der Waals surface area contributed by atoms with Crippen molar-refractivity contribution in [1.82, 2.24) is 10.3 Å². The van der Waals surface area contributed by atoms with Crippen molar-refractivity contribution in [1.29, 1.82) is 0 Å². The fourth-order valence-electron chi connectivity index (χ4n) is 2.20. The second kappa shape index (κ2) is 6.24. The maximum Gasteiger partial charge on any atom is 0.219 e. The molecule has 0 aliphatic rings. The molecule has 1 N–H and O–H groups in total. The van der Waals surface area contributed by atoms with Gasteiger partial charge >= 0.3 is 0 Å². The average Bonchev–Trinajstić information content (AvgIpc) is 2.48. The third-order valence-electron chi connectivity index (χ3n) is 3.18. The molecule has 2 aromatic carbocycles. The normalized spacial score (nSPS) is 10.8. The molecule has 0 saturated heterocycles. The van der Waals surface area contributed by atoms with Gasteiger partial charge in [-0.05, 0) is 53.7 Å². The van der Waals surface area contributed by atoms with Crippen LogP contribution in [-0.4, -0.2) is 12.0 Å². The van der Waals surface area contributed by atoms with Gasteiger partial charge in [-0.15, -0.1) is 0 Å². The van der Waals surface area contributed by atoms with E-state index in [-0.39, 0.29) is 0 Å². The van der Waals surface area contributed by atoms with Crippen LogP contribution in [0.2, 0.25) is 0 Å². The number of aromatic nitrogens is 1. The number of benzene rings is 2. The van der Waals surface area contributed by atoms with Gasteiger partial charge in [0, 0.05) is 23.3 Å². The molecular formula is C17H15BrN2O. The molecule has 4 heteroatoms. The Morgan fingerprint density at radius 3 is 2.71 bits per heavy atom. The van der Waals surface area contributed by atoms with Crippen LogP contribution in [0.3, 0.4) is 0 Å². The first kappa shape index (κ1) is 14.0. The SMILES string of the molecule is CNCc1ccnc(Oc2ccc3cc(Br)ccc3c2)c1. The van der Waals surface area contributed by atoms with Crippen LogP contribution in [0.4, 0.5) is 0 Å². The zero-order chi connectivity index (χ0) is 14.7. The number of hydrogen-bond donors (Lipinski definition) is 1. The van der Waals surface area contributed by atoms with Gasteiger partial charge in [-0.1, -0.05) is 28.1 Å². The lowest BCUT2D eigenvalue weighted by Crippen LogP contribution is -2.05. The molecule has 0 fully saturated rings. The lowest BCUT2D eigenvalue weighted by molar-refractivity contribution is 0.462. The van der Waals surface area contributed by atoms with Crippen molar-refractivity contribution in [2.24, 2.45) is 0 Å². The molecule has 106 valence electrons. The summed E-state index contributed by atoms with van der Waals surface area (Å²) in [6, 6.07) is 16.1. The van der Waals surface area contributed by atoms with E-state index in [4.69, 9.17) is 4.74 Å². The van der Waals surface area contributed by atoms with Gasteiger partial charge in [0.1, 0.15) is 5.75 Å². The lowest BCUT2D eigenvalue weighted by Gasteiger charge is -2.08. The van der Waals surface area contributed by atoms with Crippen molar-refractivity contribution < 1.29 is 4.74 Å². The topological polar surface area (TPSA) is 34.2 Å². The fourth-order valence-corrected chi connectivity index (χ4v) is 2.58. The van der Waals surface area contributed by atoms with E-state index < -0.39 is 0 Å². The average molecular weight is 343 g/mol. The number of pyridine rings is 1. The molecule has 3 aromatic rings. The van der Waals surface area contributed by atoms with Gasteiger partial charge in [-0.3, -0.25) is 0 Å². The Bertz CT molecular complexity index is 774. The molecule has 0 unspecified atom stereocenters. The summed E-state index contributed by atoms with van der Waals surface area (Å²) >= 11 is 3.48. The first-order valence-corrected chi connectivity index (χ1v) is 7.50. The molecule has 0 spiro atoms. The number of ether oxygens (including phenoxy) is 1. The summed E-state index contributed by atoms with van der Waals surface area (Å²) < 4.78 is 6.93. The van der Waals surface area contributed by atoms with E-state index in [2.05, 4.69) is 38.4 Å². The maximum absolute atomic E-state index is 5.85. The quantitative estimate of drug-likeness (QED) is 0.757. The van der Waals surface area contributed by atoms with E-state index in [1.54, 1.807) is 6.20 Å². The van der Waals surface area contributed by atoms with Gasteiger partial charge < -0.3 is 10.1 Å². The Kier molecular flexibility index (Phi) is 4.18. The smallest absolute Gasteiger partial charge is 0.219 e. The summed E-state index contributed by atoms with van der Waals surface area (Å²) in [6.07, 6.45) is 1.76. The molecule has 0 aliphatic heterocycles. The van der Waals surface area contributed by atoms with Crippen LogP contribution in [0.1, 0.15) is 5.56 Å². The largest absolute Gasteiger partial charge is 0.439 e. The van der Waals surface area contributed by atoms with Crippen molar-refractivity contribution in [2.75, 3.05) is 7.05 Å². The van der Waals surface area contributed by atoms with E-state index in [0.29, 0.717) is 5.88 Å². The van der Waals surface area contributed by atoms with Gasteiger partial charge in [0.15, 0.2) is 0 Å². The lowest BCUT2D eigenvalue weighted by atomic mass is 10.1. The molecule has 3 nitrogen and oxygen atoms in total. The second-order valence-electron chi connectivity index (χ2n) is 4.79. The molecule has 0 radical (unpaired) electrons. The molecule has 0 saturated carbocycles. The summed E-state index contributed by atoms with van der Waals surface area (Å²) in [5.74, 6) is 1.40. The summed E-state index contributed by atoms with van der Waals surface area (Å²) in [6.45, 7) is 0.796. The van der Waals surface area contributed by atoms with Gasteiger partial charge in [0.2, 0.25) is 5.88 Å². The molecule has 0 aliphatic carbocycles. The van der Waals surface area contributed by atoms with Gasteiger partial charge in [-0.2, -0.15) is 0 Å². The zero-order valence-electron chi connectivity index (χ0n) is 11.6. The minimum Gasteiger partial charge on any atom is -0.439 e. The first-order chi connectivity index (χ1) is 10.2. The summed E-state index contributed by atoms with van der Waals surface area (Å²) in [5.41, 5.74) is 1.15. The van der Waals surface area contributed by atoms with Crippen molar-refractivity contribution >= 4 is 26.7 Å². The minimum atomic E-state index is 0.610. The number of hydrogen-bond acceptors (Lipinski definition) is 3. The number of fused-ring (bicyclic) bond motifs is 1. The molecule has 0 amide bonds. The molecule has 0 bridgehead atoms. The van der Waals surface area contributed by atoms with Gasteiger partial charge in [0.05, 0.1) is 0 Å². The highest BCUT2D eigenvalue weighted by molar-refractivity contribution is 9.10. The zero-order valence-corrected chi connectivity index (χ0v) is 13.2. The van der Waals surface area contributed by atoms with Gasteiger partial charge in [0.25, 0.3) is 0 Å². The van der Waals surface area contributed by atoms with Crippen LogP contribution in [0.5, 0.6) is 11.6 Å². The van der Waals surface area contributed by atoms with Crippen molar-refractivity contribution in [3.63, 3.8) is 0 Å². The van der Waals surface area contributed by atoms with E-state index in [1.165, 1.54) is 5.39 Å². The Hall–Kier alpha value is -1.91. The third-order valence-corrected chi connectivity index (χ3v) is 3.67. The Morgan fingerprint density at radius 2 is 1.86 bits per heavy atom. The molecular weight excluding hydrogens is 328 g/mol. The predicted octanol–water partition coefficient (Wildman–Crippen LogP) is 4.51. The summed E-state index contributed by atoms with van der Waals surface area (Å²) in [7, 11) is 1.92. The van der Waals surface area contributed by atoms with Crippen LogP contribution >= 0.6 is 15.9 Å². The molecule has 1 aromatic heterocycles. The fraction of sp³-hybridized carbons (Fsp3) is 0.118. The Labute approximate surface area is 132 Å². The minimum absolute atomic E-state index is 0.610. The Morgan fingerprint density at radius 1 is 1.05 bits per heavy atom. The van der Waals surface area contributed by atoms with Crippen LogP contribution in [0, 0.1) is 0 Å². The highest BCUT2D eigenvalue weighted by Gasteiger charge is 2.02. The number of nitrogens with zero attached hydrogens (tertiary/aromatic N) is 1. The summed E-state index contributed by atoms with van der Waals surface area (Å²) in [4.78, 5) is 4.25. The van der Waals surface area contributed by atoms with Crippen molar-refractivity contribution in [3.8, 4) is 11.6 Å². The molecule has 3 rings (SSSR count). The molecule has 1 heterocycles. The molecule has 0 atom stereocenters. The maximum atomic E-state index is 5.85. The number of halogens is 1. The highest BCUT2D eigenvalue weighted by Crippen LogP contribution is 2.26. The van der Waals surface area contributed by atoms with Crippen LogP contribution in [0.15, 0.2) is 59.2 Å². The second-order valence-corrected chi connectivity index (χ2v) is 5.70. The van der Waals surface area contributed by atoms with E-state index in [0.717, 1.165) is 27.7 Å². The van der Waals surface area contributed by atoms with Crippen LogP contribution in [-0.2, 0) is 6.54 Å². The standard InChI is InChI=1S/C17H15BrN2O/c1-19-11-12-6-7-20-17(8-12)21-16-5-3-13-9-15(18)4-2-14(13)10-16/h2-10,19H,11H2,1H3. The Balaban J connectivity index is 1.87. The van der Waals surface area contributed by atoms with E-state index in [9.17, 15) is 0 Å². The monoisotopic (exact) mass is 342 g/mol. The summed E-state index contributed by atoms with van der Waals surface area (Å²) in [5, 5.41) is 5.43. The van der Waals surface area contributed by atoms with Crippen molar-refractivity contribution in [3.05, 3.63) is 64.8 Å². The number of nitrogens with one attached hydrogen (secondary N) is 1. The van der Waals surface area contributed by atoms with Gasteiger partial charge in [-0.25, -0.2) is 4.98 Å². The van der Waals surface area contributed by atoms with Crippen LogP contribution in [0.25, 0.3) is 10.8 Å². The van der Waals surface area contributed by atoms with E-state index >= 15 is 0 Å². The molecule has 21 heavy (non-hydrogen) atoms. The first-order valence-electron chi connectivity index (χ1n) is 6.71. The van der Waals surface area contributed by atoms with Crippen molar-refractivity contribution in [2.45, 2.75) is 6.54 Å². The number of rotatable bonds is 4. The third kappa shape index (κ3) is 3.40. The van der Waals surface area contributed by atoms with E-state index in [1.807, 2.05) is 43.4 Å².